The van der Waals surface area contributed by atoms with Gasteiger partial charge in [-0.15, -0.1) is 0 Å². The third-order valence-corrected chi connectivity index (χ3v) is 3.25. The summed E-state index contributed by atoms with van der Waals surface area (Å²) in [5, 5.41) is 20.5. The zero-order chi connectivity index (χ0) is 14.3. The Morgan fingerprint density at radius 3 is 2.95 bits per heavy atom. The number of phenolic OH excluding ortho intramolecular Hbond substituents is 1. The van der Waals surface area contributed by atoms with E-state index in [0.29, 0.717) is 18.6 Å². The third kappa shape index (κ3) is 2.11. The van der Waals surface area contributed by atoms with Crippen LogP contribution in [-0.2, 0) is 0 Å². The summed E-state index contributed by atoms with van der Waals surface area (Å²) in [5.41, 5.74) is -0.869. The molecule has 0 bridgehead atoms. The largest absolute Gasteiger partial charge is 0.501 e. The van der Waals surface area contributed by atoms with Crippen LogP contribution in [0.5, 0.6) is 11.5 Å². The molecule has 6 nitrogen and oxygen atoms in total. The lowest BCUT2D eigenvalue weighted by Crippen LogP contribution is -2.01. The van der Waals surface area contributed by atoms with Gasteiger partial charge < -0.3 is 9.84 Å². The van der Waals surface area contributed by atoms with E-state index in [4.69, 9.17) is 4.74 Å². The first-order chi connectivity index (χ1) is 9.58. The van der Waals surface area contributed by atoms with Gasteiger partial charge in [0.15, 0.2) is 0 Å². The monoisotopic (exact) mass is 278 g/mol. The Hall–Kier alpha value is -2.44. The second kappa shape index (κ2) is 4.59. The number of ether oxygens (including phenoxy) is 1. The quantitative estimate of drug-likeness (QED) is 0.686. The molecule has 1 saturated carbocycles. The van der Waals surface area contributed by atoms with E-state index in [9.17, 15) is 19.6 Å². The summed E-state index contributed by atoms with van der Waals surface area (Å²) in [7, 11) is 0. The maximum atomic E-state index is 14.1. The van der Waals surface area contributed by atoms with Crippen molar-refractivity contribution in [2.24, 2.45) is 5.92 Å². The van der Waals surface area contributed by atoms with Crippen LogP contribution in [0.1, 0.15) is 12.8 Å². The van der Waals surface area contributed by atoms with Crippen LogP contribution in [0, 0.1) is 21.8 Å². The molecule has 1 N–H and O–H groups in total. The van der Waals surface area contributed by atoms with E-state index in [2.05, 4.69) is 4.98 Å². The average molecular weight is 278 g/mol. The molecule has 0 unspecified atom stereocenters. The van der Waals surface area contributed by atoms with Gasteiger partial charge in [0, 0.05) is 6.20 Å². The summed E-state index contributed by atoms with van der Waals surface area (Å²) in [6.07, 6.45) is 3.50. The number of aromatic hydroxyl groups is 1. The molecule has 1 aromatic carbocycles. The van der Waals surface area contributed by atoms with Crippen LogP contribution in [0.15, 0.2) is 18.3 Å². The molecule has 0 aliphatic heterocycles. The van der Waals surface area contributed by atoms with E-state index in [-0.39, 0.29) is 16.7 Å². The number of pyridine rings is 1. The highest BCUT2D eigenvalue weighted by molar-refractivity contribution is 5.93. The molecule has 104 valence electrons. The van der Waals surface area contributed by atoms with Gasteiger partial charge in [0.05, 0.1) is 23.0 Å². The molecule has 0 spiro atoms. The van der Waals surface area contributed by atoms with Crippen LogP contribution >= 0.6 is 0 Å². The van der Waals surface area contributed by atoms with Crippen molar-refractivity contribution < 1.29 is 19.2 Å². The van der Waals surface area contributed by atoms with Crippen LogP contribution in [-0.4, -0.2) is 21.6 Å². The Kier molecular flexibility index (Phi) is 2.89. The Morgan fingerprint density at radius 1 is 1.55 bits per heavy atom. The predicted molar refractivity (Wildman–Crippen MR) is 68.2 cm³/mol. The fourth-order valence-electron chi connectivity index (χ4n) is 1.99. The molecule has 7 heteroatoms. The fourth-order valence-corrected chi connectivity index (χ4v) is 1.99. The van der Waals surface area contributed by atoms with E-state index in [1.807, 2.05) is 0 Å². The van der Waals surface area contributed by atoms with Crippen LogP contribution in [0.25, 0.3) is 10.9 Å². The van der Waals surface area contributed by atoms with Crippen LogP contribution in [0.2, 0.25) is 0 Å². The van der Waals surface area contributed by atoms with E-state index in [1.165, 1.54) is 12.3 Å². The molecule has 1 heterocycles. The molecule has 0 amide bonds. The van der Waals surface area contributed by atoms with Crippen molar-refractivity contribution in [3.63, 3.8) is 0 Å². The number of nitro benzene ring substituents is 1. The molecule has 2 aromatic rings. The topological polar surface area (TPSA) is 85.5 Å². The van der Waals surface area contributed by atoms with Gasteiger partial charge in [-0.1, -0.05) is 0 Å². The van der Waals surface area contributed by atoms with E-state index >= 15 is 0 Å². The van der Waals surface area contributed by atoms with E-state index in [0.717, 1.165) is 12.8 Å². The molecule has 1 aliphatic carbocycles. The Morgan fingerprint density at radius 2 is 2.30 bits per heavy atom. The highest BCUT2D eigenvalue weighted by Gasteiger charge is 2.25. The van der Waals surface area contributed by atoms with Crippen LogP contribution in [0.3, 0.4) is 0 Å². The van der Waals surface area contributed by atoms with Gasteiger partial charge in [-0.05, 0) is 24.8 Å². The average Bonchev–Trinajstić information content (AvgIpc) is 3.24. The first-order valence-corrected chi connectivity index (χ1v) is 6.15. The molecule has 20 heavy (non-hydrogen) atoms. The Balaban J connectivity index is 2.13. The minimum Gasteiger partial charge on any atom is -0.501 e. The second-order valence-corrected chi connectivity index (χ2v) is 4.77. The zero-order valence-corrected chi connectivity index (χ0v) is 10.4. The van der Waals surface area contributed by atoms with Gasteiger partial charge in [-0.25, -0.2) is 4.39 Å². The summed E-state index contributed by atoms with van der Waals surface area (Å²) in [5.74, 6) is -0.760. The highest BCUT2D eigenvalue weighted by atomic mass is 19.1. The smallest absolute Gasteiger partial charge is 0.315 e. The summed E-state index contributed by atoms with van der Waals surface area (Å²) in [6, 6.07) is 2.17. The van der Waals surface area contributed by atoms with E-state index in [1.54, 1.807) is 0 Å². The number of hydrogen-bond donors (Lipinski definition) is 1. The van der Waals surface area contributed by atoms with Crippen LogP contribution < -0.4 is 4.74 Å². The number of nitrogens with zero attached hydrogens (tertiary/aromatic N) is 2. The summed E-state index contributed by atoms with van der Waals surface area (Å²) < 4.78 is 19.6. The van der Waals surface area contributed by atoms with Crippen LogP contribution in [0.4, 0.5) is 10.1 Å². The van der Waals surface area contributed by atoms with Crippen molar-refractivity contribution in [2.75, 3.05) is 6.61 Å². The standard InChI is InChI=1S/C13H11FN2O4/c14-8-5-9(16(18)19)13(17)12-11(8)10(3-4-15-12)20-6-7-1-2-7/h3-5,7,17H,1-2,6H2. The number of rotatable bonds is 4. The van der Waals surface area contributed by atoms with Gasteiger partial charge in [0.1, 0.15) is 17.1 Å². The molecule has 0 radical (unpaired) electrons. The van der Waals surface area contributed by atoms with Crippen molar-refractivity contribution in [1.29, 1.82) is 0 Å². The lowest BCUT2D eigenvalue weighted by Gasteiger charge is -2.10. The number of nitro groups is 1. The first kappa shape index (κ1) is 12.6. The van der Waals surface area contributed by atoms with E-state index < -0.39 is 22.2 Å². The normalized spacial score (nSPS) is 14.4. The number of hydrogen-bond acceptors (Lipinski definition) is 5. The molecular formula is C13H11FN2O4. The summed E-state index contributed by atoms with van der Waals surface area (Å²) in [4.78, 5) is 13.7. The number of phenols is 1. The lowest BCUT2D eigenvalue weighted by molar-refractivity contribution is -0.385. The molecule has 1 fully saturated rings. The lowest BCUT2D eigenvalue weighted by atomic mass is 10.1. The molecule has 1 aromatic heterocycles. The molecular weight excluding hydrogens is 267 g/mol. The Bertz CT molecular complexity index is 700. The van der Waals surface area contributed by atoms with Gasteiger partial charge >= 0.3 is 5.69 Å². The molecule has 0 saturated heterocycles. The number of benzene rings is 1. The third-order valence-electron chi connectivity index (χ3n) is 3.25. The van der Waals surface area contributed by atoms with Gasteiger partial charge in [0.25, 0.3) is 0 Å². The fraction of sp³-hybridized carbons (Fsp3) is 0.308. The minimum absolute atomic E-state index is 0.0312. The molecule has 0 atom stereocenters. The zero-order valence-electron chi connectivity index (χ0n) is 10.4. The highest BCUT2D eigenvalue weighted by Crippen LogP contribution is 2.39. The van der Waals surface area contributed by atoms with Gasteiger partial charge in [-0.3, -0.25) is 15.1 Å². The second-order valence-electron chi connectivity index (χ2n) is 4.77. The number of fused-ring (bicyclic) bond motifs is 1. The first-order valence-electron chi connectivity index (χ1n) is 6.15. The predicted octanol–water partition coefficient (Wildman–Crippen LogP) is 2.78. The summed E-state index contributed by atoms with van der Waals surface area (Å²) in [6.45, 7) is 0.469. The number of aromatic nitrogens is 1. The van der Waals surface area contributed by atoms with Crippen molar-refractivity contribution in [2.45, 2.75) is 12.8 Å². The SMILES string of the molecule is O=[N+]([O-])c1cc(F)c2c(OCC3CC3)ccnc2c1O. The van der Waals surface area contributed by atoms with Crippen molar-refractivity contribution in [3.8, 4) is 11.5 Å². The maximum Gasteiger partial charge on any atom is 0.315 e. The Labute approximate surface area is 113 Å². The molecule has 3 rings (SSSR count). The van der Waals surface area contributed by atoms with Crippen molar-refractivity contribution in [1.82, 2.24) is 4.98 Å². The summed E-state index contributed by atoms with van der Waals surface area (Å²) >= 11 is 0. The van der Waals surface area contributed by atoms with Gasteiger partial charge in [-0.2, -0.15) is 0 Å². The van der Waals surface area contributed by atoms with Gasteiger partial charge in [0.2, 0.25) is 5.75 Å². The van der Waals surface area contributed by atoms with Crippen molar-refractivity contribution in [3.05, 3.63) is 34.3 Å². The number of halogens is 1. The van der Waals surface area contributed by atoms with Crippen molar-refractivity contribution >= 4 is 16.6 Å². The maximum absolute atomic E-state index is 14.1. The molecule has 1 aliphatic rings. The minimum atomic E-state index is -0.850.